The van der Waals surface area contributed by atoms with Crippen molar-refractivity contribution < 1.29 is 19.1 Å². The first-order valence-electron chi connectivity index (χ1n) is 11.3. The zero-order valence-corrected chi connectivity index (χ0v) is 19.3. The molecule has 4 rings (SSSR count). The van der Waals surface area contributed by atoms with Gasteiger partial charge in [-0.3, -0.25) is 19.4 Å². The highest BCUT2D eigenvalue weighted by atomic mass is 16.5. The number of methoxy groups -OCH3 is 1. The van der Waals surface area contributed by atoms with Crippen molar-refractivity contribution in [2.75, 3.05) is 19.0 Å². The topological polar surface area (TPSA) is 109 Å². The van der Waals surface area contributed by atoms with Gasteiger partial charge in [0.1, 0.15) is 11.5 Å². The molecule has 3 aromatic rings. The third-order valence-electron chi connectivity index (χ3n) is 5.67. The average molecular weight is 461 g/mol. The summed E-state index contributed by atoms with van der Waals surface area (Å²) in [5.41, 5.74) is 2.98. The van der Waals surface area contributed by atoms with Crippen molar-refractivity contribution in [3.8, 4) is 5.75 Å². The highest BCUT2D eigenvalue weighted by Crippen LogP contribution is 2.33. The van der Waals surface area contributed by atoms with Crippen LogP contribution >= 0.6 is 0 Å². The fourth-order valence-corrected chi connectivity index (χ4v) is 3.65. The van der Waals surface area contributed by atoms with E-state index in [0.717, 1.165) is 18.4 Å². The average Bonchev–Trinajstić information content (AvgIpc) is 3.65. The number of hydrogen-bond donors (Lipinski definition) is 3. The third-order valence-corrected chi connectivity index (χ3v) is 5.67. The lowest BCUT2D eigenvalue weighted by Crippen LogP contribution is -2.27. The summed E-state index contributed by atoms with van der Waals surface area (Å²) in [5.74, 6) is -0.198. The maximum absolute atomic E-state index is 13.0. The lowest BCUT2D eigenvalue weighted by atomic mass is 10.0. The molecule has 1 saturated carbocycles. The predicted molar refractivity (Wildman–Crippen MR) is 130 cm³/mol. The summed E-state index contributed by atoms with van der Waals surface area (Å²) in [4.78, 5) is 41.6. The molecule has 1 aliphatic carbocycles. The summed E-state index contributed by atoms with van der Waals surface area (Å²) in [6, 6.07) is 13.4. The maximum atomic E-state index is 13.0. The van der Waals surface area contributed by atoms with Crippen LogP contribution in [0.5, 0.6) is 5.75 Å². The second kappa shape index (κ2) is 10.3. The smallest absolute Gasteiger partial charge is 0.255 e. The molecule has 0 bridgehead atoms. The van der Waals surface area contributed by atoms with Crippen LogP contribution < -0.4 is 20.7 Å². The number of ketones is 1. The molecule has 3 N–H and O–H groups in total. The summed E-state index contributed by atoms with van der Waals surface area (Å²) in [7, 11) is 1.49. The SMILES string of the molecule is COc1cc2ncc(C(=O)NC3CC3)c(NCc3ccccc3)c2cc1C(=O)NCCC(C)=O. The molecule has 0 saturated heterocycles. The van der Waals surface area contributed by atoms with E-state index in [-0.39, 0.29) is 36.6 Å². The van der Waals surface area contributed by atoms with Gasteiger partial charge in [0, 0.05) is 43.2 Å². The Morgan fingerprint density at radius 2 is 1.82 bits per heavy atom. The normalized spacial score (nSPS) is 12.8. The molecular weight excluding hydrogens is 432 g/mol. The Hall–Kier alpha value is -3.94. The molecule has 0 atom stereocenters. The van der Waals surface area contributed by atoms with Gasteiger partial charge in [-0.15, -0.1) is 0 Å². The number of carbonyl (C=O) groups excluding carboxylic acids is 3. The predicted octanol–water partition coefficient (Wildman–Crippen LogP) is 3.46. The van der Waals surface area contributed by atoms with Crippen molar-refractivity contribution in [3.05, 3.63) is 65.4 Å². The molecule has 1 heterocycles. The van der Waals surface area contributed by atoms with Gasteiger partial charge in [-0.2, -0.15) is 0 Å². The minimum Gasteiger partial charge on any atom is -0.496 e. The molecule has 0 unspecified atom stereocenters. The Kier molecular flexibility index (Phi) is 7.06. The minimum absolute atomic E-state index is 0.00584. The lowest BCUT2D eigenvalue weighted by Gasteiger charge is -2.17. The van der Waals surface area contributed by atoms with Crippen LogP contribution in [0, 0.1) is 0 Å². The van der Waals surface area contributed by atoms with E-state index in [1.54, 1.807) is 18.3 Å². The Bertz CT molecular complexity index is 1220. The number of amides is 2. The quantitative estimate of drug-likeness (QED) is 0.428. The fraction of sp³-hybridized carbons (Fsp3) is 0.308. The molecule has 0 radical (unpaired) electrons. The van der Waals surface area contributed by atoms with E-state index in [1.165, 1.54) is 14.0 Å². The van der Waals surface area contributed by atoms with Gasteiger partial charge >= 0.3 is 0 Å². The molecule has 34 heavy (non-hydrogen) atoms. The third kappa shape index (κ3) is 5.51. The van der Waals surface area contributed by atoms with Crippen LogP contribution in [0.3, 0.4) is 0 Å². The molecule has 0 spiro atoms. The van der Waals surface area contributed by atoms with E-state index in [1.807, 2.05) is 30.3 Å². The van der Waals surface area contributed by atoms with Crippen LogP contribution in [0.2, 0.25) is 0 Å². The fourth-order valence-electron chi connectivity index (χ4n) is 3.65. The van der Waals surface area contributed by atoms with Gasteiger partial charge < -0.3 is 20.7 Å². The van der Waals surface area contributed by atoms with Gasteiger partial charge in [0.25, 0.3) is 11.8 Å². The molecule has 0 aliphatic heterocycles. The van der Waals surface area contributed by atoms with Crippen LogP contribution in [-0.2, 0) is 11.3 Å². The first-order valence-corrected chi connectivity index (χ1v) is 11.3. The van der Waals surface area contributed by atoms with Crippen molar-refractivity contribution in [2.24, 2.45) is 0 Å². The summed E-state index contributed by atoms with van der Waals surface area (Å²) >= 11 is 0. The van der Waals surface area contributed by atoms with E-state index < -0.39 is 0 Å². The number of nitrogens with zero attached hydrogens (tertiary/aromatic N) is 1. The maximum Gasteiger partial charge on any atom is 0.255 e. The summed E-state index contributed by atoms with van der Waals surface area (Å²) in [6.45, 7) is 2.21. The Labute approximate surface area is 198 Å². The second-order valence-corrected chi connectivity index (χ2v) is 8.41. The Morgan fingerprint density at radius 1 is 1.06 bits per heavy atom. The van der Waals surface area contributed by atoms with Gasteiger partial charge in [0.05, 0.1) is 29.4 Å². The molecule has 1 aromatic heterocycles. The van der Waals surface area contributed by atoms with Crippen LogP contribution in [0.1, 0.15) is 52.5 Å². The molecule has 1 aliphatic rings. The van der Waals surface area contributed by atoms with Crippen molar-refractivity contribution in [3.63, 3.8) is 0 Å². The Morgan fingerprint density at radius 3 is 2.50 bits per heavy atom. The van der Waals surface area contributed by atoms with E-state index in [0.29, 0.717) is 40.0 Å². The molecule has 1 fully saturated rings. The number of fused-ring (bicyclic) bond motifs is 1. The van der Waals surface area contributed by atoms with E-state index in [4.69, 9.17) is 4.74 Å². The van der Waals surface area contributed by atoms with Crippen LogP contribution in [0.25, 0.3) is 10.9 Å². The van der Waals surface area contributed by atoms with Crippen LogP contribution in [0.15, 0.2) is 48.7 Å². The number of ether oxygens (including phenoxy) is 1. The number of Topliss-reactive ketones (excluding diaryl/α,β-unsaturated/α-hetero) is 1. The first kappa shape index (κ1) is 23.2. The highest BCUT2D eigenvalue weighted by Gasteiger charge is 2.26. The van der Waals surface area contributed by atoms with Crippen LogP contribution in [-0.4, -0.2) is 42.3 Å². The number of aromatic nitrogens is 1. The lowest BCUT2D eigenvalue weighted by molar-refractivity contribution is -0.116. The highest BCUT2D eigenvalue weighted by molar-refractivity contribution is 6.10. The second-order valence-electron chi connectivity index (χ2n) is 8.41. The molecule has 176 valence electrons. The molecule has 2 aromatic carbocycles. The van der Waals surface area contributed by atoms with E-state index in [9.17, 15) is 14.4 Å². The number of benzene rings is 2. The van der Waals surface area contributed by atoms with Gasteiger partial charge in [-0.25, -0.2) is 0 Å². The number of hydrogen-bond acceptors (Lipinski definition) is 6. The monoisotopic (exact) mass is 460 g/mol. The zero-order valence-electron chi connectivity index (χ0n) is 19.3. The molecule has 8 nitrogen and oxygen atoms in total. The first-order chi connectivity index (χ1) is 16.5. The summed E-state index contributed by atoms with van der Waals surface area (Å²) in [6.07, 6.45) is 3.75. The standard InChI is InChI=1S/C26H28N4O4/c1-16(31)10-11-27-25(32)20-12-19-22(13-23(20)34-2)28-15-21(26(33)30-18-8-9-18)24(19)29-14-17-6-4-3-5-7-17/h3-7,12-13,15,18H,8-11,14H2,1-2H3,(H,27,32)(H,28,29)(H,30,33). The Balaban J connectivity index is 1.74. The van der Waals surface area contributed by atoms with E-state index in [2.05, 4.69) is 20.9 Å². The number of anilines is 1. The zero-order chi connectivity index (χ0) is 24.1. The molecule has 8 heteroatoms. The molecular formula is C26H28N4O4. The molecule has 2 amide bonds. The van der Waals surface area contributed by atoms with Gasteiger partial charge in [0.2, 0.25) is 0 Å². The minimum atomic E-state index is -0.359. The largest absolute Gasteiger partial charge is 0.496 e. The number of rotatable bonds is 10. The summed E-state index contributed by atoms with van der Waals surface area (Å²) in [5, 5.41) is 9.80. The van der Waals surface area contributed by atoms with E-state index >= 15 is 0 Å². The van der Waals surface area contributed by atoms with Gasteiger partial charge in [-0.1, -0.05) is 30.3 Å². The summed E-state index contributed by atoms with van der Waals surface area (Å²) < 4.78 is 5.44. The van der Waals surface area contributed by atoms with Crippen molar-refractivity contribution in [1.82, 2.24) is 15.6 Å². The van der Waals surface area contributed by atoms with Crippen molar-refractivity contribution in [1.29, 1.82) is 0 Å². The number of nitrogens with one attached hydrogen (secondary N) is 3. The number of pyridine rings is 1. The van der Waals surface area contributed by atoms with Gasteiger partial charge in [0.15, 0.2) is 0 Å². The van der Waals surface area contributed by atoms with Gasteiger partial charge in [-0.05, 0) is 31.4 Å². The van der Waals surface area contributed by atoms with Crippen LogP contribution in [0.4, 0.5) is 5.69 Å². The van der Waals surface area contributed by atoms with Crippen molar-refractivity contribution >= 4 is 34.2 Å². The van der Waals surface area contributed by atoms with Crippen molar-refractivity contribution in [2.45, 2.75) is 38.8 Å². The number of carbonyl (C=O) groups is 3.